The molecule has 1 aliphatic rings. The summed E-state index contributed by atoms with van der Waals surface area (Å²) in [6.45, 7) is 0. The lowest BCUT2D eigenvalue weighted by Gasteiger charge is -2.17. The fourth-order valence-corrected chi connectivity index (χ4v) is 2.43. The van der Waals surface area contributed by atoms with Crippen molar-refractivity contribution in [1.29, 1.82) is 0 Å². The fraction of sp³-hybridized carbons (Fsp3) is 0.357. The molecule has 1 fully saturated rings. The third kappa shape index (κ3) is 1.78. The van der Waals surface area contributed by atoms with Crippen molar-refractivity contribution in [1.82, 2.24) is 4.57 Å². The summed E-state index contributed by atoms with van der Waals surface area (Å²) in [6, 6.07) is 6.19. The van der Waals surface area contributed by atoms with E-state index in [9.17, 15) is 9.18 Å². The van der Waals surface area contributed by atoms with Gasteiger partial charge in [0.1, 0.15) is 11.9 Å². The molecule has 94 valence electrons. The third-order valence-corrected chi connectivity index (χ3v) is 3.50. The molecule has 1 aromatic carbocycles. The lowest BCUT2D eigenvalue weighted by molar-refractivity contribution is -0.145. The number of hydrogen-bond acceptors (Lipinski definition) is 2. The zero-order valence-electron chi connectivity index (χ0n) is 10.1. The van der Waals surface area contributed by atoms with Crippen molar-refractivity contribution < 1.29 is 13.9 Å². The zero-order valence-corrected chi connectivity index (χ0v) is 10.1. The van der Waals surface area contributed by atoms with Crippen molar-refractivity contribution in [2.75, 3.05) is 7.11 Å². The summed E-state index contributed by atoms with van der Waals surface area (Å²) in [5.74, 6) is -0.225. The number of ether oxygens (including phenoxy) is 1. The number of carbonyl (C=O) groups excluding carboxylic acids is 1. The van der Waals surface area contributed by atoms with E-state index in [-0.39, 0.29) is 17.8 Å². The Labute approximate surface area is 104 Å². The molecule has 3 rings (SSSR count). The molecular weight excluding hydrogens is 233 g/mol. The first-order chi connectivity index (χ1) is 8.70. The van der Waals surface area contributed by atoms with Gasteiger partial charge >= 0.3 is 5.97 Å². The van der Waals surface area contributed by atoms with E-state index < -0.39 is 0 Å². The first-order valence-electron chi connectivity index (χ1n) is 6.04. The van der Waals surface area contributed by atoms with Gasteiger partial charge in [-0.05, 0) is 48.4 Å². The largest absolute Gasteiger partial charge is 0.467 e. The van der Waals surface area contributed by atoms with Crippen LogP contribution in [0.1, 0.15) is 18.9 Å². The number of methoxy groups -OCH3 is 1. The van der Waals surface area contributed by atoms with Crippen molar-refractivity contribution >= 4 is 16.9 Å². The van der Waals surface area contributed by atoms with E-state index in [1.807, 2.05) is 16.8 Å². The monoisotopic (exact) mass is 247 g/mol. The quantitative estimate of drug-likeness (QED) is 0.781. The maximum atomic E-state index is 13.3. The highest BCUT2D eigenvalue weighted by Gasteiger charge is 2.38. The number of aromatic nitrogens is 1. The highest BCUT2D eigenvalue weighted by Crippen LogP contribution is 2.41. The standard InChI is InChI=1S/C14H14FNO2/c1-18-14(17)13(10-2-3-10)16-7-6-9-4-5-11(15)8-12(9)16/h4-8,10,13H,2-3H2,1H3. The molecule has 1 aliphatic carbocycles. The zero-order chi connectivity index (χ0) is 12.7. The number of fused-ring (bicyclic) bond motifs is 1. The minimum atomic E-state index is -0.325. The van der Waals surface area contributed by atoms with Gasteiger partial charge in [0.2, 0.25) is 0 Å². The van der Waals surface area contributed by atoms with Gasteiger partial charge in [-0.1, -0.05) is 0 Å². The molecule has 1 heterocycles. The molecule has 0 amide bonds. The molecule has 2 aromatic rings. The van der Waals surface area contributed by atoms with Crippen LogP contribution in [0.4, 0.5) is 4.39 Å². The molecule has 0 spiro atoms. The highest BCUT2D eigenvalue weighted by molar-refractivity contribution is 5.84. The summed E-state index contributed by atoms with van der Waals surface area (Å²) in [4.78, 5) is 11.9. The number of carbonyl (C=O) groups is 1. The minimum absolute atomic E-state index is 0.251. The Morgan fingerprint density at radius 3 is 2.89 bits per heavy atom. The smallest absolute Gasteiger partial charge is 0.329 e. The van der Waals surface area contributed by atoms with Gasteiger partial charge in [0.05, 0.1) is 12.6 Å². The number of nitrogens with zero attached hydrogens (tertiary/aromatic N) is 1. The second-order valence-corrected chi connectivity index (χ2v) is 4.73. The van der Waals surface area contributed by atoms with Crippen molar-refractivity contribution in [2.45, 2.75) is 18.9 Å². The third-order valence-electron chi connectivity index (χ3n) is 3.50. The summed E-state index contributed by atoms with van der Waals surface area (Å²) in [7, 11) is 1.39. The van der Waals surface area contributed by atoms with E-state index in [0.29, 0.717) is 5.92 Å². The van der Waals surface area contributed by atoms with E-state index in [4.69, 9.17) is 4.74 Å². The van der Waals surface area contributed by atoms with Crippen molar-refractivity contribution in [3.63, 3.8) is 0 Å². The predicted molar refractivity (Wildman–Crippen MR) is 65.7 cm³/mol. The Hall–Kier alpha value is -1.84. The number of hydrogen-bond donors (Lipinski definition) is 0. The lowest BCUT2D eigenvalue weighted by atomic mass is 10.1. The van der Waals surface area contributed by atoms with Crippen LogP contribution < -0.4 is 0 Å². The molecule has 0 aliphatic heterocycles. The Morgan fingerprint density at radius 2 is 2.22 bits per heavy atom. The first-order valence-corrected chi connectivity index (χ1v) is 6.04. The normalized spacial score (nSPS) is 16.8. The number of esters is 1. The maximum Gasteiger partial charge on any atom is 0.329 e. The summed E-state index contributed by atoms with van der Waals surface area (Å²) >= 11 is 0. The topological polar surface area (TPSA) is 31.2 Å². The lowest BCUT2D eigenvalue weighted by Crippen LogP contribution is -2.22. The second kappa shape index (κ2) is 4.12. The summed E-state index contributed by atoms with van der Waals surface area (Å²) < 4.78 is 20.0. The minimum Gasteiger partial charge on any atom is -0.467 e. The molecule has 0 saturated heterocycles. The molecule has 1 atom stereocenters. The van der Waals surface area contributed by atoms with Gasteiger partial charge in [-0.3, -0.25) is 0 Å². The first kappa shape index (κ1) is 11.3. The van der Waals surface area contributed by atoms with Crippen LogP contribution in [0.15, 0.2) is 30.5 Å². The van der Waals surface area contributed by atoms with Crippen molar-refractivity contribution in [3.05, 3.63) is 36.3 Å². The van der Waals surface area contributed by atoms with Crippen molar-refractivity contribution in [2.24, 2.45) is 5.92 Å². The van der Waals surface area contributed by atoms with Crippen LogP contribution in [0.5, 0.6) is 0 Å². The molecule has 1 aromatic heterocycles. The number of benzene rings is 1. The Morgan fingerprint density at radius 1 is 1.44 bits per heavy atom. The maximum absolute atomic E-state index is 13.3. The number of rotatable bonds is 3. The van der Waals surface area contributed by atoms with Gasteiger partial charge in [0.25, 0.3) is 0 Å². The van der Waals surface area contributed by atoms with Gasteiger partial charge in [-0.25, -0.2) is 9.18 Å². The van der Waals surface area contributed by atoms with Gasteiger partial charge in [0.15, 0.2) is 0 Å². The van der Waals surface area contributed by atoms with Gasteiger partial charge in [-0.15, -0.1) is 0 Å². The summed E-state index contributed by atoms with van der Waals surface area (Å²) in [5, 5.41) is 0.936. The number of halogens is 1. The van der Waals surface area contributed by atoms with Crippen molar-refractivity contribution in [3.8, 4) is 0 Å². The molecular formula is C14H14FNO2. The van der Waals surface area contributed by atoms with E-state index in [1.165, 1.54) is 19.2 Å². The Balaban J connectivity index is 2.11. The molecule has 4 heteroatoms. The van der Waals surface area contributed by atoms with Crippen LogP contribution in [-0.2, 0) is 9.53 Å². The van der Waals surface area contributed by atoms with E-state index in [0.717, 1.165) is 23.7 Å². The predicted octanol–water partition coefficient (Wildman–Crippen LogP) is 2.90. The van der Waals surface area contributed by atoms with Crippen LogP contribution >= 0.6 is 0 Å². The Kier molecular flexibility index (Phi) is 2.58. The van der Waals surface area contributed by atoms with Gasteiger partial charge < -0.3 is 9.30 Å². The summed E-state index contributed by atoms with van der Waals surface area (Å²) in [5.41, 5.74) is 0.748. The molecule has 1 saturated carbocycles. The van der Waals surface area contributed by atoms with Gasteiger partial charge in [0, 0.05) is 6.20 Å². The van der Waals surface area contributed by atoms with E-state index >= 15 is 0 Å². The SMILES string of the molecule is COC(=O)C(C1CC1)n1ccc2ccc(F)cc21. The van der Waals surface area contributed by atoms with E-state index in [1.54, 1.807) is 6.07 Å². The van der Waals surface area contributed by atoms with Gasteiger partial charge in [-0.2, -0.15) is 0 Å². The van der Waals surface area contributed by atoms with Crippen LogP contribution in [0.2, 0.25) is 0 Å². The molecule has 0 bridgehead atoms. The molecule has 1 unspecified atom stereocenters. The highest BCUT2D eigenvalue weighted by atomic mass is 19.1. The molecule has 0 N–H and O–H groups in total. The molecule has 3 nitrogen and oxygen atoms in total. The van der Waals surface area contributed by atoms with Crippen LogP contribution in [0, 0.1) is 11.7 Å². The average molecular weight is 247 g/mol. The van der Waals surface area contributed by atoms with Crippen LogP contribution in [0.25, 0.3) is 10.9 Å². The van der Waals surface area contributed by atoms with E-state index in [2.05, 4.69) is 0 Å². The molecule has 0 radical (unpaired) electrons. The summed E-state index contributed by atoms with van der Waals surface area (Å²) in [6.07, 6.45) is 3.88. The average Bonchev–Trinajstić information content (AvgIpc) is 3.12. The Bertz CT molecular complexity index is 601. The fourth-order valence-electron chi connectivity index (χ4n) is 2.43. The van der Waals surface area contributed by atoms with Crippen LogP contribution in [0.3, 0.4) is 0 Å². The molecule has 18 heavy (non-hydrogen) atoms. The second-order valence-electron chi connectivity index (χ2n) is 4.73. The van der Waals surface area contributed by atoms with Crippen LogP contribution in [-0.4, -0.2) is 17.6 Å².